The number of aliphatic hydroxyl groups excluding tert-OH is 1. The van der Waals surface area contributed by atoms with Crippen molar-refractivity contribution < 1.29 is 9.90 Å². The molecule has 0 saturated heterocycles. The predicted molar refractivity (Wildman–Crippen MR) is 47.6 cm³/mol. The molecule has 2 unspecified atom stereocenters. The normalized spacial score (nSPS) is 28.2. The molecule has 0 radical (unpaired) electrons. The number of rotatable bonds is 2. The monoisotopic (exact) mass is 164 g/mol. The number of carbonyl (C=O) groups is 1. The summed E-state index contributed by atoms with van der Waals surface area (Å²) in [6.07, 6.45) is 9.93. The van der Waals surface area contributed by atoms with Crippen LogP contribution in [0.5, 0.6) is 0 Å². The zero-order valence-electron chi connectivity index (χ0n) is 6.97. The van der Waals surface area contributed by atoms with Crippen LogP contribution in [0.2, 0.25) is 0 Å². The third kappa shape index (κ3) is 2.47. The third-order valence-electron chi connectivity index (χ3n) is 1.70. The van der Waals surface area contributed by atoms with E-state index in [-0.39, 0.29) is 11.7 Å². The highest BCUT2D eigenvalue weighted by atomic mass is 16.3. The summed E-state index contributed by atoms with van der Waals surface area (Å²) < 4.78 is 0. The molecule has 1 rings (SSSR count). The molecule has 0 aromatic rings. The van der Waals surface area contributed by atoms with Gasteiger partial charge in [0.15, 0.2) is 5.78 Å². The van der Waals surface area contributed by atoms with E-state index in [2.05, 4.69) is 0 Å². The maximum absolute atomic E-state index is 10.6. The van der Waals surface area contributed by atoms with Crippen LogP contribution in [0.1, 0.15) is 6.92 Å². The molecule has 0 saturated carbocycles. The van der Waals surface area contributed by atoms with Gasteiger partial charge in [0.2, 0.25) is 0 Å². The van der Waals surface area contributed by atoms with E-state index in [1.807, 2.05) is 12.2 Å². The van der Waals surface area contributed by atoms with Gasteiger partial charge in [0.05, 0.1) is 6.10 Å². The van der Waals surface area contributed by atoms with Gasteiger partial charge in [-0.1, -0.05) is 30.4 Å². The lowest BCUT2D eigenvalue weighted by atomic mass is 9.97. The van der Waals surface area contributed by atoms with Gasteiger partial charge in [0, 0.05) is 5.92 Å². The molecular formula is C10H12O2. The Morgan fingerprint density at radius 1 is 1.42 bits per heavy atom. The van der Waals surface area contributed by atoms with Crippen molar-refractivity contribution in [3.8, 4) is 0 Å². The fourth-order valence-corrected chi connectivity index (χ4v) is 1.04. The molecule has 0 aromatic heterocycles. The zero-order chi connectivity index (χ0) is 8.97. The maximum atomic E-state index is 10.6. The van der Waals surface area contributed by atoms with Crippen molar-refractivity contribution in [3.63, 3.8) is 0 Å². The van der Waals surface area contributed by atoms with E-state index in [1.165, 1.54) is 13.0 Å². The number of carbonyl (C=O) groups excluding carboxylic acids is 1. The lowest BCUT2D eigenvalue weighted by molar-refractivity contribution is -0.112. The summed E-state index contributed by atoms with van der Waals surface area (Å²) in [5.41, 5.74) is 0. The predicted octanol–water partition coefficient (Wildman–Crippen LogP) is 1.23. The Balaban J connectivity index is 2.58. The van der Waals surface area contributed by atoms with Crippen LogP contribution in [0.15, 0.2) is 36.5 Å². The molecule has 0 aromatic carbocycles. The highest BCUT2D eigenvalue weighted by Gasteiger charge is 2.11. The van der Waals surface area contributed by atoms with Gasteiger partial charge in [0.1, 0.15) is 0 Å². The fraction of sp³-hybridized carbons (Fsp3) is 0.300. The molecule has 1 N–H and O–H groups in total. The molecule has 0 bridgehead atoms. The molecule has 0 fully saturated rings. The van der Waals surface area contributed by atoms with E-state index in [4.69, 9.17) is 0 Å². The van der Waals surface area contributed by atoms with Crippen molar-refractivity contribution in [1.29, 1.82) is 0 Å². The molecule has 2 heteroatoms. The van der Waals surface area contributed by atoms with Gasteiger partial charge in [0.25, 0.3) is 0 Å². The largest absolute Gasteiger partial charge is 0.388 e. The van der Waals surface area contributed by atoms with Gasteiger partial charge in [-0.05, 0) is 13.0 Å². The Bertz CT molecular complexity index is 249. The van der Waals surface area contributed by atoms with Crippen LogP contribution in [0.4, 0.5) is 0 Å². The molecule has 0 aliphatic heterocycles. The smallest absolute Gasteiger partial charge is 0.152 e. The zero-order valence-corrected chi connectivity index (χ0v) is 6.97. The minimum atomic E-state index is -0.495. The van der Waals surface area contributed by atoms with E-state index in [0.717, 1.165) is 0 Å². The topological polar surface area (TPSA) is 37.3 Å². The van der Waals surface area contributed by atoms with Crippen molar-refractivity contribution in [2.24, 2.45) is 5.92 Å². The fourth-order valence-electron chi connectivity index (χ4n) is 1.04. The molecule has 1 aliphatic rings. The lowest BCUT2D eigenvalue weighted by Gasteiger charge is -2.14. The Labute approximate surface area is 71.9 Å². The SMILES string of the molecule is CC(=O)C=CC1C=CC=CC1O. The van der Waals surface area contributed by atoms with Crippen LogP contribution in [0, 0.1) is 5.92 Å². The van der Waals surface area contributed by atoms with Gasteiger partial charge in [-0.2, -0.15) is 0 Å². The molecule has 0 amide bonds. The average molecular weight is 164 g/mol. The number of aliphatic hydroxyl groups is 1. The summed E-state index contributed by atoms with van der Waals surface area (Å²) >= 11 is 0. The van der Waals surface area contributed by atoms with E-state index < -0.39 is 6.10 Å². The Morgan fingerprint density at radius 3 is 2.67 bits per heavy atom. The molecule has 64 valence electrons. The second-order valence-corrected chi connectivity index (χ2v) is 2.81. The van der Waals surface area contributed by atoms with Crippen molar-refractivity contribution in [2.45, 2.75) is 13.0 Å². The van der Waals surface area contributed by atoms with E-state index in [0.29, 0.717) is 0 Å². The lowest BCUT2D eigenvalue weighted by Crippen LogP contribution is -2.15. The second-order valence-electron chi connectivity index (χ2n) is 2.81. The van der Waals surface area contributed by atoms with Crippen molar-refractivity contribution >= 4 is 5.78 Å². The number of hydrogen-bond donors (Lipinski definition) is 1. The van der Waals surface area contributed by atoms with Crippen molar-refractivity contribution in [2.75, 3.05) is 0 Å². The third-order valence-corrected chi connectivity index (χ3v) is 1.70. The van der Waals surface area contributed by atoms with Gasteiger partial charge in [-0.3, -0.25) is 4.79 Å². The standard InChI is InChI=1S/C10H12O2/c1-8(11)6-7-9-4-2-3-5-10(9)12/h2-7,9-10,12H,1H3. The summed E-state index contributed by atoms with van der Waals surface area (Å²) in [5.74, 6) is -0.0518. The number of allylic oxidation sites excluding steroid dienone is 3. The van der Waals surface area contributed by atoms with Crippen LogP contribution in [-0.4, -0.2) is 17.0 Å². The molecule has 2 atom stereocenters. The van der Waals surface area contributed by atoms with Gasteiger partial charge in [-0.25, -0.2) is 0 Å². The quantitative estimate of drug-likeness (QED) is 0.623. The van der Waals surface area contributed by atoms with Gasteiger partial charge in [-0.15, -0.1) is 0 Å². The van der Waals surface area contributed by atoms with E-state index in [1.54, 1.807) is 18.2 Å². The molecule has 1 aliphatic carbocycles. The average Bonchev–Trinajstić information content (AvgIpc) is 2.03. The minimum Gasteiger partial charge on any atom is -0.388 e. The van der Waals surface area contributed by atoms with Crippen LogP contribution in [0.3, 0.4) is 0 Å². The van der Waals surface area contributed by atoms with Crippen molar-refractivity contribution in [1.82, 2.24) is 0 Å². The first-order valence-electron chi connectivity index (χ1n) is 3.92. The second kappa shape index (κ2) is 4.02. The molecule has 0 heterocycles. The first-order valence-corrected chi connectivity index (χ1v) is 3.92. The molecular weight excluding hydrogens is 152 g/mol. The maximum Gasteiger partial charge on any atom is 0.152 e. The van der Waals surface area contributed by atoms with Crippen LogP contribution >= 0.6 is 0 Å². The minimum absolute atomic E-state index is 0.00477. The van der Waals surface area contributed by atoms with Crippen LogP contribution in [-0.2, 0) is 4.79 Å². The Kier molecular flexibility index (Phi) is 3.00. The van der Waals surface area contributed by atoms with Gasteiger partial charge < -0.3 is 5.11 Å². The summed E-state index contributed by atoms with van der Waals surface area (Å²) in [6.45, 7) is 1.49. The van der Waals surface area contributed by atoms with Crippen LogP contribution in [0.25, 0.3) is 0 Å². The highest BCUT2D eigenvalue weighted by Crippen LogP contribution is 2.13. The molecule has 0 spiro atoms. The Hall–Kier alpha value is -1.15. The van der Waals surface area contributed by atoms with Crippen molar-refractivity contribution in [3.05, 3.63) is 36.5 Å². The van der Waals surface area contributed by atoms with Gasteiger partial charge >= 0.3 is 0 Å². The summed E-state index contributed by atoms with van der Waals surface area (Å²) in [7, 11) is 0. The summed E-state index contributed by atoms with van der Waals surface area (Å²) in [5, 5.41) is 9.38. The van der Waals surface area contributed by atoms with E-state index >= 15 is 0 Å². The summed E-state index contributed by atoms with van der Waals surface area (Å²) in [4.78, 5) is 10.6. The Morgan fingerprint density at radius 2 is 2.08 bits per heavy atom. The number of hydrogen-bond acceptors (Lipinski definition) is 2. The first-order chi connectivity index (χ1) is 5.70. The van der Waals surface area contributed by atoms with Crippen LogP contribution < -0.4 is 0 Å². The molecule has 2 nitrogen and oxygen atoms in total. The first kappa shape index (κ1) is 8.94. The number of ketones is 1. The molecule has 12 heavy (non-hydrogen) atoms. The highest BCUT2D eigenvalue weighted by molar-refractivity contribution is 5.87. The summed E-state index contributed by atoms with van der Waals surface area (Å²) in [6, 6.07) is 0. The van der Waals surface area contributed by atoms with E-state index in [9.17, 15) is 9.90 Å².